The van der Waals surface area contributed by atoms with Gasteiger partial charge < -0.3 is 4.79 Å². The fourth-order valence-electron chi connectivity index (χ4n) is 0.758. The first-order valence-electron chi connectivity index (χ1n) is 3.31. The Morgan fingerprint density at radius 2 is 2.33 bits per heavy atom. The summed E-state index contributed by atoms with van der Waals surface area (Å²) in [6.07, 6.45) is 2.48. The third-order valence-corrected chi connectivity index (χ3v) is 1.30. The van der Waals surface area contributed by atoms with Crippen molar-refractivity contribution in [2.75, 3.05) is 0 Å². The van der Waals surface area contributed by atoms with Gasteiger partial charge in [-0.05, 0) is 6.07 Å². The molecule has 0 saturated heterocycles. The fraction of sp³-hybridized carbons (Fsp3) is 0.125. The number of hydrogen-bond donors (Lipinski definition) is 0. The van der Waals surface area contributed by atoms with Gasteiger partial charge in [-0.2, -0.15) is 0 Å². The lowest BCUT2D eigenvalue weighted by atomic mass is 10.1. The maximum Gasteiger partial charge on any atom is 0.171 e. The number of halogens is 1. The van der Waals surface area contributed by atoms with E-state index in [-0.39, 0.29) is 12.0 Å². The van der Waals surface area contributed by atoms with Gasteiger partial charge in [0.15, 0.2) is 5.78 Å². The first kappa shape index (κ1) is 8.52. The predicted octanol–water partition coefficient (Wildman–Crippen LogP) is 0.992. The summed E-state index contributed by atoms with van der Waals surface area (Å²) >= 11 is 0. The van der Waals surface area contributed by atoms with E-state index in [9.17, 15) is 14.0 Å². The van der Waals surface area contributed by atoms with E-state index in [1.54, 1.807) is 0 Å². The van der Waals surface area contributed by atoms with Crippen LogP contribution in [0.25, 0.3) is 0 Å². The Morgan fingerprint density at radius 1 is 1.58 bits per heavy atom. The topological polar surface area (TPSA) is 47.0 Å². The lowest BCUT2D eigenvalue weighted by molar-refractivity contribution is -0.107. The smallest absolute Gasteiger partial charge is 0.171 e. The molecule has 62 valence electrons. The quantitative estimate of drug-likeness (QED) is 0.383. The van der Waals surface area contributed by atoms with E-state index < -0.39 is 11.6 Å². The summed E-state index contributed by atoms with van der Waals surface area (Å²) in [6.45, 7) is 0. The average molecular weight is 167 g/mol. The van der Waals surface area contributed by atoms with Crippen molar-refractivity contribution in [1.29, 1.82) is 0 Å². The highest BCUT2D eigenvalue weighted by Gasteiger charge is 2.05. The molecule has 0 N–H and O–H groups in total. The zero-order valence-electron chi connectivity index (χ0n) is 6.16. The fourth-order valence-corrected chi connectivity index (χ4v) is 0.758. The van der Waals surface area contributed by atoms with E-state index in [0.717, 1.165) is 12.3 Å². The number of aldehydes is 1. The summed E-state index contributed by atoms with van der Waals surface area (Å²) in [5, 5.41) is 0. The minimum absolute atomic E-state index is 0.127. The van der Waals surface area contributed by atoms with Gasteiger partial charge in [-0.25, -0.2) is 4.39 Å². The Kier molecular flexibility index (Phi) is 2.63. The number of aromatic nitrogens is 1. The molecule has 0 fully saturated rings. The average Bonchev–Trinajstić information content (AvgIpc) is 2.05. The Bertz CT molecular complexity index is 312. The van der Waals surface area contributed by atoms with Crippen LogP contribution in [0.2, 0.25) is 0 Å². The van der Waals surface area contributed by atoms with Crippen LogP contribution in [0.4, 0.5) is 4.39 Å². The molecule has 12 heavy (non-hydrogen) atoms. The van der Waals surface area contributed by atoms with Crippen molar-refractivity contribution in [2.24, 2.45) is 0 Å². The Hall–Kier alpha value is -1.58. The molecule has 0 atom stereocenters. The molecule has 4 heteroatoms. The van der Waals surface area contributed by atoms with Crippen molar-refractivity contribution in [1.82, 2.24) is 4.98 Å². The number of ketones is 1. The second kappa shape index (κ2) is 3.71. The molecule has 0 aliphatic rings. The zero-order chi connectivity index (χ0) is 8.97. The molecule has 1 rings (SSSR count). The van der Waals surface area contributed by atoms with Gasteiger partial charge in [0.25, 0.3) is 0 Å². The van der Waals surface area contributed by atoms with Crippen molar-refractivity contribution in [3.05, 3.63) is 29.8 Å². The number of pyridine rings is 1. The van der Waals surface area contributed by atoms with Gasteiger partial charge in [0.05, 0.1) is 12.6 Å². The number of Topliss-reactive ketones (excluding diaryl/α,β-unsaturated/α-hetero) is 1. The van der Waals surface area contributed by atoms with Crippen molar-refractivity contribution in [2.45, 2.75) is 6.42 Å². The third-order valence-electron chi connectivity index (χ3n) is 1.30. The van der Waals surface area contributed by atoms with Crippen molar-refractivity contribution in [3.8, 4) is 0 Å². The van der Waals surface area contributed by atoms with E-state index in [1.807, 2.05) is 0 Å². The number of carbonyl (C=O) groups excluding carboxylic acids is 2. The maximum absolute atomic E-state index is 12.5. The summed E-state index contributed by atoms with van der Waals surface area (Å²) in [5.41, 5.74) is 0.127. The highest BCUT2D eigenvalue weighted by molar-refractivity contribution is 6.02. The van der Waals surface area contributed by atoms with Crippen LogP contribution >= 0.6 is 0 Å². The highest BCUT2D eigenvalue weighted by Crippen LogP contribution is 2.02. The molecule has 0 spiro atoms. The van der Waals surface area contributed by atoms with Crippen molar-refractivity contribution < 1.29 is 14.0 Å². The molecule has 1 heterocycles. The van der Waals surface area contributed by atoms with Crippen LogP contribution in [-0.2, 0) is 4.79 Å². The van der Waals surface area contributed by atoms with Gasteiger partial charge in [0.1, 0.15) is 12.1 Å². The zero-order valence-corrected chi connectivity index (χ0v) is 6.16. The predicted molar refractivity (Wildman–Crippen MR) is 39.2 cm³/mol. The summed E-state index contributed by atoms with van der Waals surface area (Å²) in [5.74, 6) is -0.997. The van der Waals surface area contributed by atoms with Crippen LogP contribution in [0, 0.1) is 5.82 Å². The molecule has 0 unspecified atom stereocenters. The minimum atomic E-state index is -0.577. The molecular weight excluding hydrogens is 161 g/mol. The Labute approximate surface area is 68.2 Å². The van der Waals surface area contributed by atoms with Crippen LogP contribution in [0.5, 0.6) is 0 Å². The second-order valence-corrected chi connectivity index (χ2v) is 2.19. The summed E-state index contributed by atoms with van der Waals surface area (Å²) in [4.78, 5) is 24.4. The summed E-state index contributed by atoms with van der Waals surface area (Å²) in [6, 6.07) is 1.05. The Morgan fingerprint density at radius 3 is 2.92 bits per heavy atom. The van der Waals surface area contributed by atoms with E-state index in [1.165, 1.54) is 6.20 Å². The first-order chi connectivity index (χ1) is 5.74. The largest absolute Gasteiger partial charge is 0.303 e. The molecule has 0 amide bonds. The van der Waals surface area contributed by atoms with Gasteiger partial charge in [-0.3, -0.25) is 9.78 Å². The number of carbonyl (C=O) groups is 2. The van der Waals surface area contributed by atoms with E-state index in [2.05, 4.69) is 4.98 Å². The van der Waals surface area contributed by atoms with Gasteiger partial charge in [-0.15, -0.1) is 0 Å². The molecule has 0 bridgehead atoms. The SMILES string of the molecule is O=CCC(=O)c1cncc(F)c1. The minimum Gasteiger partial charge on any atom is -0.303 e. The van der Waals surface area contributed by atoms with Crippen LogP contribution < -0.4 is 0 Å². The molecule has 0 aliphatic heterocycles. The molecule has 0 radical (unpaired) electrons. The van der Waals surface area contributed by atoms with Gasteiger partial charge >= 0.3 is 0 Å². The van der Waals surface area contributed by atoms with E-state index in [0.29, 0.717) is 6.29 Å². The summed E-state index contributed by atoms with van der Waals surface area (Å²) < 4.78 is 12.5. The lowest BCUT2D eigenvalue weighted by Crippen LogP contribution is -2.00. The van der Waals surface area contributed by atoms with Gasteiger partial charge in [0.2, 0.25) is 0 Å². The van der Waals surface area contributed by atoms with E-state index in [4.69, 9.17) is 0 Å². The second-order valence-electron chi connectivity index (χ2n) is 2.19. The Balaban J connectivity index is 2.87. The molecule has 0 aromatic carbocycles. The number of nitrogens with zero attached hydrogens (tertiary/aromatic N) is 1. The van der Waals surface area contributed by atoms with Crippen molar-refractivity contribution in [3.63, 3.8) is 0 Å². The van der Waals surface area contributed by atoms with Crippen LogP contribution in [0.3, 0.4) is 0 Å². The highest BCUT2D eigenvalue weighted by atomic mass is 19.1. The summed E-state index contributed by atoms with van der Waals surface area (Å²) in [7, 11) is 0. The monoisotopic (exact) mass is 167 g/mol. The van der Waals surface area contributed by atoms with E-state index >= 15 is 0 Å². The normalized spacial score (nSPS) is 9.42. The number of hydrogen-bond acceptors (Lipinski definition) is 3. The van der Waals surface area contributed by atoms with Crippen molar-refractivity contribution >= 4 is 12.1 Å². The van der Waals surface area contributed by atoms with Crippen LogP contribution in [-0.4, -0.2) is 17.1 Å². The van der Waals surface area contributed by atoms with Crippen LogP contribution in [0.15, 0.2) is 18.5 Å². The molecule has 1 aromatic rings. The number of rotatable bonds is 3. The molecule has 0 saturated carbocycles. The molecule has 3 nitrogen and oxygen atoms in total. The molecular formula is C8H6FNO2. The van der Waals surface area contributed by atoms with Gasteiger partial charge in [-0.1, -0.05) is 0 Å². The van der Waals surface area contributed by atoms with Crippen LogP contribution in [0.1, 0.15) is 16.8 Å². The standard InChI is InChI=1S/C8H6FNO2/c9-7-3-6(4-10-5-7)8(12)1-2-11/h2-5H,1H2. The molecule has 1 aromatic heterocycles. The molecule has 0 aliphatic carbocycles. The third kappa shape index (κ3) is 1.95. The van der Waals surface area contributed by atoms with Gasteiger partial charge in [0, 0.05) is 11.8 Å². The maximum atomic E-state index is 12.5. The first-order valence-corrected chi connectivity index (χ1v) is 3.31. The lowest BCUT2D eigenvalue weighted by Gasteiger charge is -1.94.